The molecule has 1 atom stereocenters. The molecule has 0 aliphatic carbocycles. The molecule has 0 aliphatic heterocycles. The van der Waals surface area contributed by atoms with Crippen molar-refractivity contribution in [2.24, 2.45) is 0 Å². The second-order valence-electron chi connectivity index (χ2n) is 5.06. The van der Waals surface area contributed by atoms with Crippen LogP contribution in [0, 0.1) is 0 Å². The van der Waals surface area contributed by atoms with Gasteiger partial charge in [-0.1, -0.05) is 41.9 Å². The van der Waals surface area contributed by atoms with E-state index in [0.717, 1.165) is 5.69 Å². The van der Waals surface area contributed by atoms with Crippen LogP contribution in [0.3, 0.4) is 0 Å². The lowest BCUT2D eigenvalue weighted by Gasteiger charge is -2.23. The lowest BCUT2D eigenvalue weighted by Crippen LogP contribution is -2.39. The minimum Gasteiger partial charge on any atom is -0.389 e. The van der Waals surface area contributed by atoms with Gasteiger partial charge in [-0.05, 0) is 24.3 Å². The molecule has 0 heterocycles. The highest BCUT2D eigenvalue weighted by Gasteiger charge is 2.13. The zero-order valence-electron chi connectivity index (χ0n) is 12.4. The number of rotatable bonds is 6. The molecule has 0 spiro atoms. The molecule has 0 fully saturated rings. The Balaban J connectivity index is 1.84. The Bertz CT molecular complexity index is 619. The number of para-hydroxylation sites is 1. The number of carbonyl (C=O) groups excluding carboxylic acids is 1. The molecule has 0 radical (unpaired) electrons. The van der Waals surface area contributed by atoms with Gasteiger partial charge in [0.2, 0.25) is 0 Å². The first-order chi connectivity index (χ1) is 10.6. The first kappa shape index (κ1) is 16.3. The largest absolute Gasteiger partial charge is 0.389 e. The fourth-order valence-corrected chi connectivity index (χ4v) is 2.34. The highest BCUT2D eigenvalue weighted by atomic mass is 35.5. The number of halogens is 1. The van der Waals surface area contributed by atoms with Gasteiger partial charge < -0.3 is 15.3 Å². The average Bonchev–Trinajstić information content (AvgIpc) is 2.54. The van der Waals surface area contributed by atoms with Gasteiger partial charge in [0.25, 0.3) is 5.91 Å². The number of aliphatic hydroxyl groups excluding tert-OH is 1. The molecule has 0 saturated heterocycles. The van der Waals surface area contributed by atoms with Crippen LogP contribution in [0.25, 0.3) is 0 Å². The normalized spacial score (nSPS) is 11.8. The van der Waals surface area contributed by atoms with Crippen LogP contribution in [0.1, 0.15) is 10.4 Å². The quantitative estimate of drug-likeness (QED) is 0.860. The van der Waals surface area contributed by atoms with Gasteiger partial charge in [0, 0.05) is 25.8 Å². The zero-order chi connectivity index (χ0) is 15.9. The van der Waals surface area contributed by atoms with E-state index in [1.807, 2.05) is 42.3 Å². The van der Waals surface area contributed by atoms with E-state index < -0.39 is 6.10 Å². The smallest absolute Gasteiger partial charge is 0.252 e. The Hall–Kier alpha value is -2.04. The molecule has 4 nitrogen and oxygen atoms in total. The number of amides is 1. The number of anilines is 1. The predicted molar refractivity (Wildman–Crippen MR) is 89.5 cm³/mol. The van der Waals surface area contributed by atoms with Gasteiger partial charge in [-0.3, -0.25) is 4.79 Å². The highest BCUT2D eigenvalue weighted by molar-refractivity contribution is 6.33. The van der Waals surface area contributed by atoms with Gasteiger partial charge in [-0.25, -0.2) is 0 Å². The van der Waals surface area contributed by atoms with E-state index in [9.17, 15) is 9.90 Å². The second kappa shape index (κ2) is 7.82. The third kappa shape index (κ3) is 4.48. The molecule has 2 N–H and O–H groups in total. The van der Waals surface area contributed by atoms with Crippen LogP contribution in [0.5, 0.6) is 0 Å². The minimum absolute atomic E-state index is 0.168. The lowest BCUT2D eigenvalue weighted by molar-refractivity contribution is 0.0919. The number of nitrogens with one attached hydrogen (secondary N) is 1. The van der Waals surface area contributed by atoms with E-state index in [-0.39, 0.29) is 12.5 Å². The summed E-state index contributed by atoms with van der Waals surface area (Å²) in [6, 6.07) is 16.6. The summed E-state index contributed by atoms with van der Waals surface area (Å²) in [5, 5.41) is 13.2. The van der Waals surface area contributed by atoms with Crippen LogP contribution in [0.2, 0.25) is 5.02 Å². The summed E-state index contributed by atoms with van der Waals surface area (Å²) in [5.41, 5.74) is 1.42. The molecule has 0 aromatic heterocycles. The second-order valence-corrected chi connectivity index (χ2v) is 5.47. The molecule has 0 aliphatic rings. The van der Waals surface area contributed by atoms with E-state index in [0.29, 0.717) is 17.1 Å². The molecule has 0 bridgehead atoms. The monoisotopic (exact) mass is 318 g/mol. The van der Waals surface area contributed by atoms with Gasteiger partial charge in [0.05, 0.1) is 16.7 Å². The topological polar surface area (TPSA) is 52.6 Å². The summed E-state index contributed by atoms with van der Waals surface area (Å²) >= 11 is 5.97. The van der Waals surface area contributed by atoms with Crippen molar-refractivity contribution in [1.29, 1.82) is 0 Å². The number of likely N-dealkylation sites (N-methyl/N-ethyl adjacent to an activating group) is 1. The molecule has 0 saturated carbocycles. The SMILES string of the molecule is CN(C[C@H](O)CNC(=O)c1ccccc1Cl)c1ccccc1. The molecule has 2 aromatic carbocycles. The fraction of sp³-hybridized carbons (Fsp3) is 0.235. The van der Waals surface area contributed by atoms with E-state index in [1.165, 1.54) is 0 Å². The van der Waals surface area contributed by atoms with Crippen LogP contribution in [-0.2, 0) is 0 Å². The van der Waals surface area contributed by atoms with Crippen molar-refractivity contribution in [3.05, 3.63) is 65.2 Å². The van der Waals surface area contributed by atoms with Crippen molar-refractivity contribution in [2.75, 3.05) is 25.0 Å². The molecule has 1 amide bonds. The number of nitrogens with zero attached hydrogens (tertiary/aromatic N) is 1. The van der Waals surface area contributed by atoms with E-state index in [1.54, 1.807) is 24.3 Å². The molecule has 22 heavy (non-hydrogen) atoms. The fourth-order valence-electron chi connectivity index (χ4n) is 2.12. The van der Waals surface area contributed by atoms with Gasteiger partial charge >= 0.3 is 0 Å². The molecular formula is C17H19ClN2O2. The predicted octanol–water partition coefficient (Wildman–Crippen LogP) is 2.57. The maximum atomic E-state index is 12.0. The summed E-state index contributed by atoms with van der Waals surface area (Å²) in [6.07, 6.45) is -0.670. The zero-order valence-corrected chi connectivity index (χ0v) is 13.1. The van der Waals surface area contributed by atoms with Crippen LogP contribution in [0.4, 0.5) is 5.69 Å². The minimum atomic E-state index is -0.670. The van der Waals surface area contributed by atoms with Gasteiger partial charge in [0.15, 0.2) is 0 Å². The summed E-state index contributed by atoms with van der Waals surface area (Å²) in [4.78, 5) is 13.9. The van der Waals surface area contributed by atoms with Crippen molar-refractivity contribution >= 4 is 23.2 Å². The lowest BCUT2D eigenvalue weighted by atomic mass is 10.2. The van der Waals surface area contributed by atoms with Gasteiger partial charge in [-0.2, -0.15) is 0 Å². The summed E-state index contributed by atoms with van der Waals surface area (Å²) in [7, 11) is 1.90. The number of carbonyl (C=O) groups is 1. The Morgan fingerprint density at radius 2 is 1.82 bits per heavy atom. The number of hydrogen-bond acceptors (Lipinski definition) is 3. The number of hydrogen-bond donors (Lipinski definition) is 2. The van der Waals surface area contributed by atoms with Crippen molar-refractivity contribution in [3.8, 4) is 0 Å². The average molecular weight is 319 g/mol. The van der Waals surface area contributed by atoms with Crippen molar-refractivity contribution < 1.29 is 9.90 Å². The van der Waals surface area contributed by atoms with Crippen LogP contribution < -0.4 is 10.2 Å². The molecule has 0 unspecified atom stereocenters. The Morgan fingerprint density at radius 1 is 1.18 bits per heavy atom. The first-order valence-electron chi connectivity index (χ1n) is 7.05. The summed E-state index contributed by atoms with van der Waals surface area (Å²) in [6.45, 7) is 0.591. The van der Waals surface area contributed by atoms with Gasteiger partial charge in [-0.15, -0.1) is 0 Å². The van der Waals surface area contributed by atoms with Gasteiger partial charge in [0.1, 0.15) is 0 Å². The molecular weight excluding hydrogens is 300 g/mol. The standard InChI is InChI=1S/C17H19ClN2O2/c1-20(13-7-3-2-4-8-13)12-14(21)11-19-17(22)15-9-5-6-10-16(15)18/h2-10,14,21H,11-12H2,1H3,(H,19,22)/t14-/m1/s1. The molecule has 2 rings (SSSR count). The van der Waals surface area contributed by atoms with Crippen LogP contribution >= 0.6 is 11.6 Å². The number of aliphatic hydroxyl groups is 1. The molecule has 5 heteroatoms. The Kier molecular flexibility index (Phi) is 5.81. The third-order valence-corrected chi connectivity index (χ3v) is 3.63. The third-order valence-electron chi connectivity index (χ3n) is 3.30. The maximum Gasteiger partial charge on any atom is 0.252 e. The van der Waals surface area contributed by atoms with Crippen LogP contribution in [-0.4, -0.2) is 37.3 Å². The molecule has 116 valence electrons. The van der Waals surface area contributed by atoms with E-state index in [2.05, 4.69) is 5.32 Å². The van der Waals surface area contributed by atoms with Crippen LogP contribution in [0.15, 0.2) is 54.6 Å². The summed E-state index contributed by atoms with van der Waals surface area (Å²) in [5.74, 6) is -0.285. The van der Waals surface area contributed by atoms with Crippen molar-refractivity contribution in [1.82, 2.24) is 5.32 Å². The number of benzene rings is 2. The van der Waals surface area contributed by atoms with Crippen molar-refractivity contribution in [2.45, 2.75) is 6.10 Å². The Morgan fingerprint density at radius 3 is 2.50 bits per heavy atom. The Labute approximate surface area is 135 Å². The maximum absolute atomic E-state index is 12.0. The first-order valence-corrected chi connectivity index (χ1v) is 7.42. The van der Waals surface area contributed by atoms with E-state index in [4.69, 9.17) is 11.6 Å². The van der Waals surface area contributed by atoms with E-state index >= 15 is 0 Å². The molecule has 2 aromatic rings. The highest BCUT2D eigenvalue weighted by Crippen LogP contribution is 2.14. The summed E-state index contributed by atoms with van der Waals surface area (Å²) < 4.78 is 0. The van der Waals surface area contributed by atoms with Crippen molar-refractivity contribution in [3.63, 3.8) is 0 Å².